The number of carbonyl (C=O) groups excluding carboxylic acids is 1. The predicted octanol–water partition coefficient (Wildman–Crippen LogP) is 5.30. The Morgan fingerprint density at radius 1 is 0.842 bits per heavy atom. The molecule has 0 aliphatic rings. The minimum Gasteiger partial charge on any atom is -0.303 e. The molecular weight excluding hydrogens is 302 g/mol. The maximum atomic E-state index is 9.81. The van der Waals surface area contributed by atoms with Crippen LogP contribution in [0.2, 0.25) is 0 Å². The van der Waals surface area contributed by atoms with Gasteiger partial charge in [0.1, 0.15) is 5.78 Å². The molecule has 0 bridgehead atoms. The molecule has 0 aromatic rings. The predicted molar refractivity (Wildman–Crippen MR) is 92.4 cm³/mol. The van der Waals surface area contributed by atoms with Crippen molar-refractivity contribution >= 4 is 21.7 Å². The van der Waals surface area contributed by atoms with Crippen molar-refractivity contribution in [2.45, 2.75) is 73.6 Å². The fourth-order valence-corrected chi connectivity index (χ4v) is 1.28. The van der Waals surface area contributed by atoms with Crippen LogP contribution in [0, 0.1) is 0 Å². The third-order valence-corrected chi connectivity index (χ3v) is 3.10. The fourth-order valence-electron chi connectivity index (χ4n) is 1.28. The lowest BCUT2D eigenvalue weighted by atomic mass is 10.3. The highest BCUT2D eigenvalue weighted by Gasteiger charge is 1.98. The second-order valence-corrected chi connectivity index (χ2v) is 5.38. The lowest BCUT2D eigenvalue weighted by Crippen LogP contribution is -2.25. The van der Waals surface area contributed by atoms with E-state index in [-0.39, 0.29) is 5.78 Å². The van der Waals surface area contributed by atoms with Crippen LogP contribution in [0.15, 0.2) is 0 Å². The molecule has 0 aliphatic carbocycles. The first-order valence-corrected chi connectivity index (χ1v) is 8.93. The van der Waals surface area contributed by atoms with Crippen molar-refractivity contribution in [3.63, 3.8) is 0 Å². The molecular formula is C16H36BrNO. The molecule has 0 atom stereocenters. The summed E-state index contributed by atoms with van der Waals surface area (Å²) in [5.74, 6) is 0.255. The monoisotopic (exact) mass is 337 g/mol. The number of ketones is 1. The first-order chi connectivity index (χ1) is 9.03. The molecule has 2 nitrogen and oxygen atoms in total. The summed E-state index contributed by atoms with van der Waals surface area (Å²) in [5.41, 5.74) is 0. The van der Waals surface area contributed by atoms with Crippen LogP contribution in [0.1, 0.15) is 73.6 Å². The maximum absolute atomic E-state index is 9.81. The Morgan fingerprint density at radius 3 is 1.21 bits per heavy atom. The quantitative estimate of drug-likeness (QED) is 0.560. The Labute approximate surface area is 130 Å². The van der Waals surface area contributed by atoms with E-state index in [0.29, 0.717) is 6.42 Å². The minimum absolute atomic E-state index is 0.255. The highest BCUT2D eigenvalue weighted by molar-refractivity contribution is 9.09. The second-order valence-electron chi connectivity index (χ2n) is 4.59. The van der Waals surface area contributed by atoms with Gasteiger partial charge in [0, 0.05) is 11.8 Å². The third kappa shape index (κ3) is 32.0. The zero-order valence-electron chi connectivity index (χ0n) is 14.1. The average molecular weight is 338 g/mol. The van der Waals surface area contributed by atoms with Gasteiger partial charge in [-0.2, -0.15) is 0 Å². The molecule has 0 unspecified atom stereocenters. The Bertz CT molecular complexity index is 147. The van der Waals surface area contributed by atoms with Crippen molar-refractivity contribution in [1.29, 1.82) is 0 Å². The lowest BCUT2D eigenvalue weighted by molar-refractivity contribution is -0.116. The van der Waals surface area contributed by atoms with Crippen molar-refractivity contribution in [3.8, 4) is 0 Å². The van der Waals surface area contributed by atoms with E-state index in [9.17, 15) is 4.79 Å². The van der Waals surface area contributed by atoms with Crippen LogP contribution < -0.4 is 0 Å². The van der Waals surface area contributed by atoms with E-state index in [1.165, 1.54) is 45.3 Å². The molecule has 0 amide bonds. The van der Waals surface area contributed by atoms with E-state index < -0.39 is 0 Å². The molecule has 0 aliphatic heterocycles. The van der Waals surface area contributed by atoms with Gasteiger partial charge in [0.15, 0.2) is 0 Å². The lowest BCUT2D eigenvalue weighted by Gasteiger charge is -2.19. The number of halogens is 1. The van der Waals surface area contributed by atoms with E-state index in [4.69, 9.17) is 0 Å². The van der Waals surface area contributed by atoms with Crippen LogP contribution in [0.5, 0.6) is 0 Å². The van der Waals surface area contributed by atoms with Crippen molar-refractivity contribution in [2.75, 3.05) is 25.0 Å². The van der Waals surface area contributed by atoms with Crippen molar-refractivity contribution in [2.24, 2.45) is 0 Å². The van der Waals surface area contributed by atoms with Gasteiger partial charge >= 0.3 is 0 Å². The first kappa shape index (κ1) is 24.1. The molecule has 0 fully saturated rings. The van der Waals surface area contributed by atoms with E-state index in [1.807, 2.05) is 6.92 Å². The van der Waals surface area contributed by atoms with Crippen molar-refractivity contribution in [3.05, 3.63) is 0 Å². The second kappa shape index (κ2) is 23.2. The van der Waals surface area contributed by atoms with Crippen LogP contribution in [-0.4, -0.2) is 35.6 Å². The SMILES string of the molecule is CCC(C)=O.CCCBr.CCCN(CCC)CCC. The molecule has 3 heteroatoms. The molecule has 0 rings (SSSR count). The summed E-state index contributed by atoms with van der Waals surface area (Å²) in [4.78, 5) is 12.4. The number of carbonyl (C=O) groups is 1. The fraction of sp³-hybridized carbons (Fsp3) is 0.938. The van der Waals surface area contributed by atoms with Crippen LogP contribution in [0.25, 0.3) is 0 Å². The number of alkyl halides is 1. The highest BCUT2D eigenvalue weighted by atomic mass is 79.9. The van der Waals surface area contributed by atoms with Crippen LogP contribution >= 0.6 is 15.9 Å². The summed E-state index contributed by atoms with van der Waals surface area (Å²) in [6, 6.07) is 0. The molecule has 19 heavy (non-hydrogen) atoms. The average Bonchev–Trinajstić information content (AvgIpc) is 2.40. The van der Waals surface area contributed by atoms with E-state index in [2.05, 4.69) is 48.5 Å². The summed E-state index contributed by atoms with van der Waals surface area (Å²) in [7, 11) is 0. The molecule has 0 saturated carbocycles. The molecule has 0 spiro atoms. The maximum Gasteiger partial charge on any atom is 0.129 e. The molecule has 0 N–H and O–H groups in total. The van der Waals surface area contributed by atoms with Crippen LogP contribution in [0.3, 0.4) is 0 Å². The Morgan fingerprint density at radius 2 is 1.11 bits per heavy atom. The molecule has 118 valence electrons. The highest BCUT2D eigenvalue weighted by Crippen LogP contribution is 1.94. The molecule has 0 aromatic carbocycles. The van der Waals surface area contributed by atoms with Gasteiger partial charge < -0.3 is 9.69 Å². The smallest absolute Gasteiger partial charge is 0.129 e. The van der Waals surface area contributed by atoms with E-state index in [0.717, 1.165) is 5.33 Å². The zero-order valence-corrected chi connectivity index (χ0v) is 15.7. The zero-order chi connectivity index (χ0) is 15.5. The van der Waals surface area contributed by atoms with Gasteiger partial charge in [0.25, 0.3) is 0 Å². The molecule has 0 saturated heterocycles. The largest absolute Gasteiger partial charge is 0.303 e. The van der Waals surface area contributed by atoms with Gasteiger partial charge in [-0.25, -0.2) is 0 Å². The number of hydrogen-bond acceptors (Lipinski definition) is 2. The van der Waals surface area contributed by atoms with Crippen LogP contribution in [0.4, 0.5) is 0 Å². The van der Waals surface area contributed by atoms with Gasteiger partial charge in [-0.1, -0.05) is 50.5 Å². The number of hydrogen-bond donors (Lipinski definition) is 0. The Balaban J connectivity index is -0.000000238. The van der Waals surface area contributed by atoms with Gasteiger partial charge in [0.05, 0.1) is 0 Å². The standard InChI is InChI=1S/C9H21N.C4H8O.C3H7Br/c1-4-7-10(8-5-2)9-6-3;1-3-4(2)5;1-2-3-4/h4-9H2,1-3H3;3H2,1-2H3;2-3H2,1H3. The Kier molecular flexibility index (Phi) is 29.5. The summed E-state index contributed by atoms with van der Waals surface area (Å²) in [6.45, 7) is 16.1. The van der Waals surface area contributed by atoms with Crippen molar-refractivity contribution < 1.29 is 4.79 Å². The third-order valence-electron chi connectivity index (χ3n) is 2.31. The minimum atomic E-state index is 0.255. The summed E-state index contributed by atoms with van der Waals surface area (Å²) < 4.78 is 0. The summed E-state index contributed by atoms with van der Waals surface area (Å²) >= 11 is 3.25. The van der Waals surface area contributed by atoms with E-state index >= 15 is 0 Å². The Hall–Kier alpha value is 0.110. The van der Waals surface area contributed by atoms with Gasteiger partial charge in [-0.15, -0.1) is 0 Å². The van der Waals surface area contributed by atoms with Gasteiger partial charge in [-0.05, 0) is 52.2 Å². The number of Topliss-reactive ketones (excluding diaryl/α,β-unsaturated/α-hetero) is 1. The molecule has 0 radical (unpaired) electrons. The summed E-state index contributed by atoms with van der Waals surface area (Å²) in [6.07, 6.45) is 5.78. The normalized spacial score (nSPS) is 9.26. The number of rotatable bonds is 8. The van der Waals surface area contributed by atoms with Crippen molar-refractivity contribution in [1.82, 2.24) is 4.90 Å². The van der Waals surface area contributed by atoms with Gasteiger partial charge in [0.2, 0.25) is 0 Å². The van der Waals surface area contributed by atoms with Gasteiger partial charge in [-0.3, -0.25) is 0 Å². The first-order valence-electron chi connectivity index (χ1n) is 7.81. The van der Waals surface area contributed by atoms with E-state index in [1.54, 1.807) is 6.92 Å². The van der Waals surface area contributed by atoms with Crippen LogP contribution in [-0.2, 0) is 4.79 Å². The summed E-state index contributed by atoms with van der Waals surface area (Å²) in [5, 5.41) is 1.13. The topological polar surface area (TPSA) is 20.3 Å². The number of nitrogens with zero attached hydrogens (tertiary/aromatic N) is 1. The molecule has 0 aromatic heterocycles. The molecule has 0 heterocycles.